The third-order valence-corrected chi connectivity index (χ3v) is 4.65. The third kappa shape index (κ3) is 6.01. The fourth-order valence-corrected chi connectivity index (χ4v) is 2.99. The number of amides is 1. The SMILES string of the molecule is Nc1nc2ncc(CNc3ccc(C(=O)NC(CCC(=O)O)C(=O)O)c([N+](=O)[O-])c3)nc2c(=O)[nH]1. The monoisotopic (exact) mass is 486 g/mol. The van der Waals surface area contributed by atoms with E-state index in [2.05, 4.69) is 30.6 Å². The minimum absolute atomic E-state index is 0.00568. The summed E-state index contributed by atoms with van der Waals surface area (Å²) in [6.07, 6.45) is 0.414. The molecular formula is C19H18N8O8. The molecule has 0 aliphatic heterocycles. The van der Waals surface area contributed by atoms with Crippen molar-refractivity contribution in [2.45, 2.75) is 25.4 Å². The Morgan fingerprint density at radius 1 is 1.23 bits per heavy atom. The summed E-state index contributed by atoms with van der Waals surface area (Å²) >= 11 is 0. The molecule has 1 amide bonds. The van der Waals surface area contributed by atoms with Crippen LogP contribution in [0.25, 0.3) is 11.2 Å². The first-order chi connectivity index (χ1) is 16.5. The number of hydrogen-bond acceptors (Lipinski definition) is 11. The van der Waals surface area contributed by atoms with Gasteiger partial charge in [-0.1, -0.05) is 0 Å². The Bertz CT molecular complexity index is 1390. The predicted octanol–water partition coefficient (Wildman–Crippen LogP) is -0.137. The van der Waals surface area contributed by atoms with Gasteiger partial charge < -0.3 is 26.6 Å². The van der Waals surface area contributed by atoms with Gasteiger partial charge in [0.15, 0.2) is 11.2 Å². The van der Waals surface area contributed by atoms with Crippen LogP contribution in [0.1, 0.15) is 28.9 Å². The number of anilines is 2. The minimum Gasteiger partial charge on any atom is -0.481 e. The van der Waals surface area contributed by atoms with E-state index < -0.39 is 58.5 Å². The van der Waals surface area contributed by atoms with E-state index in [9.17, 15) is 34.4 Å². The van der Waals surface area contributed by atoms with E-state index in [0.717, 1.165) is 12.1 Å². The number of H-pyrrole nitrogens is 1. The first-order valence-corrected chi connectivity index (χ1v) is 9.84. The van der Waals surface area contributed by atoms with E-state index in [0.29, 0.717) is 5.69 Å². The number of aliphatic carboxylic acids is 2. The van der Waals surface area contributed by atoms with Crippen LogP contribution in [0.3, 0.4) is 0 Å². The van der Waals surface area contributed by atoms with Crippen molar-refractivity contribution in [1.82, 2.24) is 25.3 Å². The van der Waals surface area contributed by atoms with Gasteiger partial charge in [0.05, 0.1) is 23.4 Å². The Kier molecular flexibility index (Phi) is 7.13. The number of carboxylic acids is 2. The fraction of sp³-hybridized carbons (Fsp3) is 0.211. The average molecular weight is 486 g/mol. The maximum absolute atomic E-state index is 12.5. The molecule has 1 aromatic carbocycles. The lowest BCUT2D eigenvalue weighted by atomic mass is 10.1. The molecule has 3 rings (SSSR count). The topological polar surface area (TPSA) is 256 Å². The molecule has 0 radical (unpaired) electrons. The van der Waals surface area contributed by atoms with Gasteiger partial charge in [-0.15, -0.1) is 0 Å². The summed E-state index contributed by atoms with van der Waals surface area (Å²) in [6.45, 7) is 0.00568. The van der Waals surface area contributed by atoms with Crippen molar-refractivity contribution in [1.29, 1.82) is 0 Å². The van der Waals surface area contributed by atoms with Gasteiger partial charge in [-0.3, -0.25) is 29.5 Å². The molecule has 1 atom stereocenters. The minimum atomic E-state index is -1.55. The summed E-state index contributed by atoms with van der Waals surface area (Å²) < 4.78 is 0. The Labute approximate surface area is 194 Å². The number of aromatic nitrogens is 4. The van der Waals surface area contributed by atoms with Gasteiger partial charge in [0.1, 0.15) is 11.6 Å². The molecular weight excluding hydrogens is 468 g/mol. The van der Waals surface area contributed by atoms with Gasteiger partial charge >= 0.3 is 11.9 Å². The predicted molar refractivity (Wildman–Crippen MR) is 119 cm³/mol. The second kappa shape index (κ2) is 10.2. The second-order valence-electron chi connectivity index (χ2n) is 7.12. The number of nitrogens with zero attached hydrogens (tertiary/aromatic N) is 4. The summed E-state index contributed by atoms with van der Waals surface area (Å²) in [5, 5.41) is 34.4. The molecule has 16 nitrogen and oxygen atoms in total. The summed E-state index contributed by atoms with van der Waals surface area (Å²) in [7, 11) is 0. The van der Waals surface area contributed by atoms with Crippen LogP contribution in [0.5, 0.6) is 0 Å². The van der Waals surface area contributed by atoms with E-state index in [1.54, 1.807) is 0 Å². The van der Waals surface area contributed by atoms with Gasteiger partial charge in [0.2, 0.25) is 5.95 Å². The van der Waals surface area contributed by atoms with Crippen LogP contribution in [-0.4, -0.2) is 59.0 Å². The number of aromatic amines is 1. The zero-order chi connectivity index (χ0) is 25.7. The van der Waals surface area contributed by atoms with Gasteiger partial charge in [-0.05, 0) is 18.6 Å². The largest absolute Gasteiger partial charge is 0.481 e. The maximum Gasteiger partial charge on any atom is 0.326 e. The second-order valence-corrected chi connectivity index (χ2v) is 7.12. The lowest BCUT2D eigenvalue weighted by Gasteiger charge is -2.14. The maximum atomic E-state index is 12.5. The van der Waals surface area contributed by atoms with Crippen LogP contribution in [0.2, 0.25) is 0 Å². The number of carbonyl (C=O) groups excluding carboxylic acids is 1. The van der Waals surface area contributed by atoms with Gasteiger partial charge in [-0.25, -0.2) is 14.8 Å². The van der Waals surface area contributed by atoms with Crippen molar-refractivity contribution in [2.75, 3.05) is 11.1 Å². The van der Waals surface area contributed by atoms with Crippen molar-refractivity contribution in [2.24, 2.45) is 0 Å². The fourth-order valence-electron chi connectivity index (χ4n) is 2.99. The summed E-state index contributed by atoms with van der Waals surface area (Å²) in [4.78, 5) is 71.4. The molecule has 1 unspecified atom stereocenters. The molecule has 2 heterocycles. The Balaban J connectivity index is 1.78. The van der Waals surface area contributed by atoms with Crippen molar-refractivity contribution in [3.05, 3.63) is 56.1 Å². The number of nitro groups is 1. The molecule has 35 heavy (non-hydrogen) atoms. The Hall–Kier alpha value is -5.15. The van der Waals surface area contributed by atoms with E-state index in [1.165, 1.54) is 12.3 Å². The van der Waals surface area contributed by atoms with E-state index in [4.69, 9.17) is 10.8 Å². The van der Waals surface area contributed by atoms with E-state index in [-0.39, 0.29) is 29.3 Å². The quantitative estimate of drug-likeness (QED) is 0.161. The smallest absolute Gasteiger partial charge is 0.326 e. The highest BCUT2D eigenvalue weighted by molar-refractivity contribution is 6.00. The number of carbonyl (C=O) groups is 3. The van der Waals surface area contributed by atoms with Crippen molar-refractivity contribution in [3.63, 3.8) is 0 Å². The number of nitrogen functional groups attached to an aromatic ring is 1. The zero-order valence-corrected chi connectivity index (χ0v) is 17.7. The molecule has 0 bridgehead atoms. The van der Waals surface area contributed by atoms with E-state index in [1.807, 2.05) is 0 Å². The highest BCUT2D eigenvalue weighted by atomic mass is 16.6. The van der Waals surface area contributed by atoms with E-state index >= 15 is 0 Å². The molecule has 3 aromatic rings. The molecule has 0 saturated heterocycles. The first-order valence-electron chi connectivity index (χ1n) is 9.84. The molecule has 0 fully saturated rings. The van der Waals surface area contributed by atoms with Crippen molar-refractivity contribution in [3.8, 4) is 0 Å². The average Bonchev–Trinajstić information content (AvgIpc) is 2.79. The summed E-state index contributed by atoms with van der Waals surface area (Å²) in [5.74, 6) is -3.90. The van der Waals surface area contributed by atoms with Crippen LogP contribution in [0.15, 0.2) is 29.2 Å². The van der Waals surface area contributed by atoms with Gasteiger partial charge in [-0.2, -0.15) is 4.98 Å². The first kappa shape index (κ1) is 24.5. The third-order valence-electron chi connectivity index (χ3n) is 4.65. The number of benzene rings is 1. The molecule has 16 heteroatoms. The lowest BCUT2D eigenvalue weighted by Crippen LogP contribution is -2.41. The normalized spacial score (nSPS) is 11.5. The molecule has 7 N–H and O–H groups in total. The van der Waals surface area contributed by atoms with Crippen LogP contribution in [0.4, 0.5) is 17.3 Å². The van der Waals surface area contributed by atoms with Crippen molar-refractivity contribution < 1.29 is 29.5 Å². The highest BCUT2D eigenvalue weighted by Crippen LogP contribution is 2.24. The zero-order valence-electron chi connectivity index (χ0n) is 17.7. The highest BCUT2D eigenvalue weighted by Gasteiger charge is 2.26. The Morgan fingerprint density at radius 3 is 2.63 bits per heavy atom. The standard InChI is InChI=1S/C19H18N8O8/c20-19-25-15-14(17(31)26-19)23-9(7-22-15)6-21-8-1-2-10(12(5-8)27(34)35)16(30)24-11(18(32)33)3-4-13(28)29/h1-2,5,7,11,21H,3-4,6H2,(H,24,30)(H,28,29)(H,32,33)(H3,20,22,25,26,31). The Morgan fingerprint density at radius 2 is 1.97 bits per heavy atom. The molecule has 2 aromatic heterocycles. The number of nitrogens with two attached hydrogens (primary N) is 1. The van der Waals surface area contributed by atoms with Gasteiger partial charge in [0.25, 0.3) is 17.2 Å². The number of carboxylic acid groups (broad SMARTS) is 2. The van der Waals surface area contributed by atoms with Gasteiger partial charge in [0, 0.05) is 18.2 Å². The molecule has 0 aliphatic carbocycles. The molecule has 0 saturated carbocycles. The number of fused-ring (bicyclic) bond motifs is 1. The van der Waals surface area contributed by atoms with Crippen LogP contribution >= 0.6 is 0 Å². The number of nitrogens with one attached hydrogen (secondary N) is 3. The van der Waals surface area contributed by atoms with Crippen LogP contribution in [0, 0.1) is 10.1 Å². The number of hydrogen-bond donors (Lipinski definition) is 6. The van der Waals surface area contributed by atoms with Crippen LogP contribution in [-0.2, 0) is 16.1 Å². The molecule has 0 aliphatic rings. The lowest BCUT2D eigenvalue weighted by molar-refractivity contribution is -0.385. The number of rotatable bonds is 10. The molecule has 182 valence electrons. The number of nitro benzene ring substituents is 1. The van der Waals surface area contributed by atoms with Crippen molar-refractivity contribution >= 4 is 46.3 Å². The summed E-state index contributed by atoms with van der Waals surface area (Å²) in [5.41, 5.74) is 4.36. The molecule has 0 spiro atoms. The summed E-state index contributed by atoms with van der Waals surface area (Å²) in [6, 6.07) is 1.98. The van der Waals surface area contributed by atoms with Crippen LogP contribution < -0.4 is 21.9 Å².